The van der Waals surface area contributed by atoms with Crippen molar-refractivity contribution < 1.29 is 32.7 Å². The smallest absolute Gasteiger partial charge is 0.409 e. The number of carboxylic acid groups (broad SMARTS) is 1. The number of rotatable bonds is 11. The summed E-state index contributed by atoms with van der Waals surface area (Å²) in [6, 6.07) is -2.48. The molecule has 0 aliphatic carbocycles. The highest BCUT2D eigenvalue weighted by molar-refractivity contribution is 5.85. The highest BCUT2D eigenvalue weighted by Crippen LogP contribution is 2.22. The van der Waals surface area contributed by atoms with Crippen LogP contribution in [0, 0.1) is 5.92 Å². The number of nitrogens with zero attached hydrogens (tertiary/aromatic N) is 1. The van der Waals surface area contributed by atoms with E-state index in [0.717, 1.165) is 32.4 Å². The van der Waals surface area contributed by atoms with Gasteiger partial charge >= 0.3 is 12.1 Å². The molecule has 28 heavy (non-hydrogen) atoms. The van der Waals surface area contributed by atoms with Gasteiger partial charge in [-0.2, -0.15) is 13.2 Å². The van der Waals surface area contributed by atoms with Crippen molar-refractivity contribution in [2.45, 2.75) is 64.1 Å². The van der Waals surface area contributed by atoms with E-state index in [1.165, 1.54) is 4.90 Å². The number of aliphatic carboxylic acids is 1. The molecule has 0 spiro atoms. The number of carboxylic acids is 1. The largest absolute Gasteiger partial charge is 0.481 e. The van der Waals surface area contributed by atoms with Crippen LogP contribution >= 0.6 is 0 Å². The molecule has 0 aromatic carbocycles. The number of hydrogen-bond donors (Lipinski definition) is 3. The molecule has 1 saturated heterocycles. The molecule has 162 valence electrons. The van der Waals surface area contributed by atoms with E-state index in [-0.39, 0.29) is 18.9 Å². The van der Waals surface area contributed by atoms with Crippen LogP contribution in [0.15, 0.2) is 0 Å². The minimum absolute atomic E-state index is 0.245. The van der Waals surface area contributed by atoms with Crippen LogP contribution in [0.2, 0.25) is 0 Å². The Labute approximate surface area is 163 Å². The zero-order chi connectivity index (χ0) is 21.2. The van der Waals surface area contributed by atoms with E-state index in [9.17, 15) is 27.6 Å². The third-order valence-electron chi connectivity index (χ3n) is 4.75. The third-order valence-corrected chi connectivity index (χ3v) is 4.75. The van der Waals surface area contributed by atoms with E-state index < -0.39 is 37.1 Å². The first-order chi connectivity index (χ1) is 13.1. The predicted molar refractivity (Wildman–Crippen MR) is 96.6 cm³/mol. The van der Waals surface area contributed by atoms with Crippen LogP contribution in [0.4, 0.5) is 13.2 Å². The molecular weight excluding hydrogens is 379 g/mol. The molecule has 10 heteroatoms. The van der Waals surface area contributed by atoms with Gasteiger partial charge in [-0.15, -0.1) is 0 Å². The van der Waals surface area contributed by atoms with Crippen molar-refractivity contribution in [3.05, 3.63) is 0 Å². The number of alkyl halides is 3. The first-order valence-corrected chi connectivity index (χ1v) is 9.69. The molecular formula is C18H30F3N3O4. The van der Waals surface area contributed by atoms with Crippen molar-refractivity contribution in [1.82, 2.24) is 15.5 Å². The van der Waals surface area contributed by atoms with Crippen molar-refractivity contribution in [2.75, 3.05) is 26.2 Å². The molecule has 0 aromatic rings. The van der Waals surface area contributed by atoms with Gasteiger partial charge in [0.1, 0.15) is 6.04 Å². The quantitative estimate of drug-likeness (QED) is 0.484. The summed E-state index contributed by atoms with van der Waals surface area (Å²) in [5, 5.41) is 13.6. The van der Waals surface area contributed by atoms with E-state index in [0.29, 0.717) is 18.8 Å². The van der Waals surface area contributed by atoms with Gasteiger partial charge in [-0.25, -0.2) is 0 Å². The molecule has 1 rings (SSSR count). The number of halogens is 3. The summed E-state index contributed by atoms with van der Waals surface area (Å²) in [6.07, 6.45) is -1.60. The maximum absolute atomic E-state index is 12.9. The van der Waals surface area contributed by atoms with Gasteiger partial charge in [-0.3, -0.25) is 14.4 Å². The average Bonchev–Trinajstić information content (AvgIpc) is 2.60. The first-order valence-electron chi connectivity index (χ1n) is 9.69. The molecule has 1 unspecified atom stereocenters. The summed E-state index contributed by atoms with van der Waals surface area (Å²) >= 11 is 0. The highest BCUT2D eigenvalue weighted by Gasteiger charge is 2.42. The summed E-state index contributed by atoms with van der Waals surface area (Å²) < 4.78 is 38.6. The highest BCUT2D eigenvalue weighted by atomic mass is 19.4. The zero-order valence-electron chi connectivity index (χ0n) is 16.2. The van der Waals surface area contributed by atoms with E-state index in [1.54, 1.807) is 12.2 Å². The van der Waals surface area contributed by atoms with Crippen LogP contribution in [-0.4, -0.2) is 66.2 Å². The first kappa shape index (κ1) is 24.2. The van der Waals surface area contributed by atoms with Gasteiger partial charge < -0.3 is 20.6 Å². The summed E-state index contributed by atoms with van der Waals surface area (Å²) in [4.78, 5) is 36.2. The number of amides is 2. The number of nitrogens with one attached hydrogen (secondary N) is 2. The van der Waals surface area contributed by atoms with E-state index >= 15 is 0 Å². The molecule has 7 nitrogen and oxygen atoms in total. The number of piperidine rings is 1. The van der Waals surface area contributed by atoms with Crippen molar-refractivity contribution in [2.24, 2.45) is 5.92 Å². The molecule has 1 aliphatic heterocycles. The van der Waals surface area contributed by atoms with Crippen LogP contribution in [0.3, 0.4) is 0 Å². The lowest BCUT2D eigenvalue weighted by atomic mass is 9.92. The van der Waals surface area contributed by atoms with E-state index in [2.05, 4.69) is 5.32 Å². The van der Waals surface area contributed by atoms with Gasteiger partial charge in [0.2, 0.25) is 11.8 Å². The molecule has 0 aromatic heterocycles. The van der Waals surface area contributed by atoms with E-state index in [1.807, 2.05) is 0 Å². The van der Waals surface area contributed by atoms with Gasteiger partial charge in [-0.05, 0) is 51.1 Å². The van der Waals surface area contributed by atoms with Crippen LogP contribution in [-0.2, 0) is 14.4 Å². The lowest BCUT2D eigenvalue weighted by Crippen LogP contribution is -2.50. The predicted octanol–water partition coefficient (Wildman–Crippen LogP) is 1.92. The van der Waals surface area contributed by atoms with Crippen molar-refractivity contribution in [3.8, 4) is 0 Å². The number of carbonyl (C=O) groups is 3. The molecule has 0 radical (unpaired) electrons. The molecule has 3 N–H and O–H groups in total. The Morgan fingerprint density at radius 2 is 1.89 bits per heavy atom. The van der Waals surface area contributed by atoms with Crippen LogP contribution in [0.1, 0.15) is 51.9 Å². The topological polar surface area (TPSA) is 98.7 Å². The molecule has 0 saturated carbocycles. The lowest BCUT2D eigenvalue weighted by Gasteiger charge is -2.25. The van der Waals surface area contributed by atoms with Crippen LogP contribution in [0.5, 0.6) is 0 Å². The maximum atomic E-state index is 12.9. The molecule has 1 atom stereocenters. The molecule has 0 bridgehead atoms. The fourth-order valence-corrected chi connectivity index (χ4v) is 3.27. The summed E-state index contributed by atoms with van der Waals surface area (Å²) in [6.45, 7) is 3.49. The molecule has 1 fully saturated rings. The van der Waals surface area contributed by atoms with E-state index in [4.69, 9.17) is 5.11 Å². The Morgan fingerprint density at radius 3 is 2.43 bits per heavy atom. The minimum atomic E-state index is -4.87. The number of carbonyl (C=O) groups excluding carboxylic acids is 2. The second kappa shape index (κ2) is 11.9. The van der Waals surface area contributed by atoms with Gasteiger partial charge in [-0.1, -0.05) is 6.92 Å². The summed E-state index contributed by atoms with van der Waals surface area (Å²) in [5.74, 6) is -2.38. The lowest BCUT2D eigenvalue weighted by molar-refractivity contribution is -0.170. The monoisotopic (exact) mass is 409 g/mol. The summed E-state index contributed by atoms with van der Waals surface area (Å²) in [7, 11) is 0. The second-order valence-electron chi connectivity index (χ2n) is 7.16. The van der Waals surface area contributed by atoms with Crippen molar-refractivity contribution in [3.63, 3.8) is 0 Å². The van der Waals surface area contributed by atoms with Gasteiger partial charge in [0.25, 0.3) is 0 Å². The third kappa shape index (κ3) is 9.38. The Bertz CT molecular complexity index is 523. The normalized spacial score (nSPS) is 16.4. The van der Waals surface area contributed by atoms with Gasteiger partial charge in [0.05, 0.1) is 13.0 Å². The second-order valence-corrected chi connectivity index (χ2v) is 7.16. The molecule has 1 heterocycles. The Balaban J connectivity index is 2.52. The number of hydrogen-bond acceptors (Lipinski definition) is 4. The average molecular weight is 409 g/mol. The summed E-state index contributed by atoms with van der Waals surface area (Å²) in [5.41, 5.74) is 0. The SMILES string of the molecule is CCCN(CC(=O)NC(CC(=O)O)C(F)(F)F)C(=O)CCCC1CCNCC1. The standard InChI is InChI=1S/C18H30F3N3O4/c1-2-10-24(16(26)5-3-4-13-6-8-22-9-7-13)12-15(25)23-14(11-17(27)28)18(19,20)21/h13-14,22H,2-12H2,1H3,(H,23,25)(H,27,28). The van der Waals surface area contributed by atoms with Crippen LogP contribution < -0.4 is 10.6 Å². The Hall–Kier alpha value is -1.84. The van der Waals surface area contributed by atoms with Crippen molar-refractivity contribution >= 4 is 17.8 Å². The minimum Gasteiger partial charge on any atom is -0.481 e. The Kier molecular flexibility index (Phi) is 10.3. The van der Waals surface area contributed by atoms with Crippen LogP contribution in [0.25, 0.3) is 0 Å². The molecule has 2 amide bonds. The zero-order valence-corrected chi connectivity index (χ0v) is 16.2. The Morgan fingerprint density at radius 1 is 1.25 bits per heavy atom. The van der Waals surface area contributed by atoms with Gasteiger partial charge in [0, 0.05) is 13.0 Å². The van der Waals surface area contributed by atoms with Gasteiger partial charge in [0.15, 0.2) is 0 Å². The fraction of sp³-hybridized carbons (Fsp3) is 0.833. The maximum Gasteiger partial charge on any atom is 0.409 e. The fourth-order valence-electron chi connectivity index (χ4n) is 3.27. The molecule has 1 aliphatic rings. The van der Waals surface area contributed by atoms with Crippen molar-refractivity contribution in [1.29, 1.82) is 0 Å².